The molecule has 3 rings (SSSR count). The Bertz CT molecular complexity index is 921. The predicted molar refractivity (Wildman–Crippen MR) is 91.2 cm³/mol. The summed E-state index contributed by atoms with van der Waals surface area (Å²) in [5, 5.41) is 3.01. The molecule has 0 bridgehead atoms. The van der Waals surface area contributed by atoms with Gasteiger partial charge in [-0.05, 0) is 44.2 Å². The summed E-state index contributed by atoms with van der Waals surface area (Å²) in [6.07, 6.45) is 0.714. The predicted octanol–water partition coefficient (Wildman–Crippen LogP) is 3.43. The van der Waals surface area contributed by atoms with Gasteiger partial charge in [-0.1, -0.05) is 0 Å². The van der Waals surface area contributed by atoms with Crippen LogP contribution >= 0.6 is 0 Å². The molecule has 25 heavy (non-hydrogen) atoms. The van der Waals surface area contributed by atoms with Gasteiger partial charge in [0.1, 0.15) is 5.82 Å². The quantitative estimate of drug-likeness (QED) is 0.674. The fraction of sp³-hybridized carbons (Fsp3) is 0.118. The third kappa shape index (κ3) is 3.57. The maximum atomic E-state index is 13.0. The van der Waals surface area contributed by atoms with Crippen molar-refractivity contribution in [3.05, 3.63) is 53.6 Å². The van der Waals surface area contributed by atoms with Crippen molar-refractivity contribution in [1.82, 2.24) is 15.0 Å². The highest BCUT2D eigenvalue weighted by Gasteiger charge is 2.17. The first-order valence-electron chi connectivity index (χ1n) is 7.46. The molecule has 3 aromatic rings. The van der Waals surface area contributed by atoms with Crippen molar-refractivity contribution in [2.24, 2.45) is 5.73 Å². The number of nitrogens with two attached hydrogens (primary N) is 1. The second-order valence-corrected chi connectivity index (χ2v) is 5.40. The van der Waals surface area contributed by atoms with Crippen LogP contribution in [0, 0.1) is 19.7 Å². The maximum Gasteiger partial charge on any atom is 0.411 e. The minimum Gasteiger partial charge on any atom is -0.393 e. The number of ether oxygens (including phenoxy) is 1. The third-order valence-corrected chi connectivity index (χ3v) is 3.61. The molecule has 0 saturated carbocycles. The molecule has 0 aliphatic rings. The molecule has 8 heteroatoms. The third-order valence-electron chi connectivity index (χ3n) is 3.61. The van der Waals surface area contributed by atoms with Crippen LogP contribution < -0.4 is 15.8 Å². The summed E-state index contributed by atoms with van der Waals surface area (Å²) in [6, 6.07) is 7.63. The number of primary amides is 1. The topological polar surface area (TPSA) is 106 Å². The molecule has 1 amide bonds. The number of hydrogen-bond acceptors (Lipinski definition) is 5. The molecule has 0 aliphatic carbocycles. The number of nitrogens with one attached hydrogen (secondary N) is 2. The highest BCUT2D eigenvalue weighted by Crippen LogP contribution is 2.32. The zero-order chi connectivity index (χ0) is 18.0. The lowest BCUT2D eigenvalue weighted by Crippen LogP contribution is -2.16. The molecule has 0 radical (unpaired) electrons. The van der Waals surface area contributed by atoms with E-state index in [0.29, 0.717) is 22.9 Å². The number of carbonyl (C=O) groups excluding carboxylic acids is 1. The van der Waals surface area contributed by atoms with E-state index >= 15 is 0 Å². The number of H-pyrrole nitrogens is 1. The van der Waals surface area contributed by atoms with Gasteiger partial charge in [0, 0.05) is 28.7 Å². The van der Waals surface area contributed by atoms with E-state index in [1.807, 2.05) is 6.92 Å². The van der Waals surface area contributed by atoms with Crippen molar-refractivity contribution in [3.8, 4) is 17.1 Å². The summed E-state index contributed by atoms with van der Waals surface area (Å²) < 4.78 is 17.9. The number of rotatable bonds is 4. The Labute approximate surface area is 143 Å². The van der Waals surface area contributed by atoms with Gasteiger partial charge in [0.2, 0.25) is 11.8 Å². The summed E-state index contributed by atoms with van der Waals surface area (Å²) in [4.78, 5) is 22.6. The van der Waals surface area contributed by atoms with E-state index in [4.69, 9.17) is 10.5 Å². The molecule has 0 unspecified atom stereocenters. The number of halogens is 1. The van der Waals surface area contributed by atoms with Gasteiger partial charge in [-0.2, -0.15) is 0 Å². The number of hydrogen-bond donors (Lipinski definition) is 3. The molecule has 0 saturated heterocycles. The minimum absolute atomic E-state index is 0.284. The van der Waals surface area contributed by atoms with Gasteiger partial charge in [-0.3, -0.25) is 0 Å². The van der Waals surface area contributed by atoms with Crippen molar-refractivity contribution in [1.29, 1.82) is 0 Å². The number of aromatic nitrogens is 3. The molecule has 4 N–H and O–H groups in total. The standard InChI is InChI=1S/C17H16FN5O2/c1-9-14(10(2)21-15(9)25-16(19)24)13-7-8-20-17(23-13)22-12-5-3-11(18)4-6-12/h3-8,21H,1-2H3,(H2,19,24)(H,20,22,23). The Morgan fingerprint density at radius 1 is 1.24 bits per heavy atom. The highest BCUT2D eigenvalue weighted by atomic mass is 19.1. The van der Waals surface area contributed by atoms with Crippen molar-refractivity contribution in [2.75, 3.05) is 5.32 Å². The summed E-state index contributed by atoms with van der Waals surface area (Å²) in [6.45, 7) is 3.64. The molecule has 0 fully saturated rings. The van der Waals surface area contributed by atoms with Crippen LogP contribution in [0.3, 0.4) is 0 Å². The molecule has 128 valence electrons. The van der Waals surface area contributed by atoms with E-state index in [-0.39, 0.29) is 11.7 Å². The number of nitrogens with zero attached hydrogens (tertiary/aromatic N) is 2. The number of aromatic amines is 1. The molecule has 0 spiro atoms. The van der Waals surface area contributed by atoms with Crippen LogP contribution in [0.15, 0.2) is 36.5 Å². The van der Waals surface area contributed by atoms with Gasteiger partial charge < -0.3 is 20.8 Å². The van der Waals surface area contributed by atoms with Crippen LogP contribution in [-0.2, 0) is 0 Å². The van der Waals surface area contributed by atoms with Crippen molar-refractivity contribution in [3.63, 3.8) is 0 Å². The summed E-state index contributed by atoms with van der Waals surface area (Å²) >= 11 is 0. The number of benzene rings is 1. The zero-order valence-electron chi connectivity index (χ0n) is 13.6. The fourth-order valence-electron chi connectivity index (χ4n) is 2.53. The Balaban J connectivity index is 1.92. The lowest BCUT2D eigenvalue weighted by Gasteiger charge is -2.07. The van der Waals surface area contributed by atoms with Gasteiger partial charge in [0.05, 0.1) is 5.69 Å². The summed E-state index contributed by atoms with van der Waals surface area (Å²) in [7, 11) is 0. The molecule has 0 aliphatic heterocycles. The maximum absolute atomic E-state index is 13.0. The normalized spacial score (nSPS) is 10.5. The summed E-state index contributed by atoms with van der Waals surface area (Å²) in [5.41, 5.74) is 8.66. The number of amides is 1. The van der Waals surface area contributed by atoms with Gasteiger partial charge in [0.15, 0.2) is 0 Å². The van der Waals surface area contributed by atoms with E-state index < -0.39 is 6.09 Å². The first-order chi connectivity index (χ1) is 11.9. The largest absolute Gasteiger partial charge is 0.411 e. The first-order valence-corrected chi connectivity index (χ1v) is 7.46. The molecule has 2 aromatic heterocycles. The monoisotopic (exact) mass is 341 g/mol. The Kier molecular flexibility index (Phi) is 4.34. The molecular formula is C17H16FN5O2. The van der Waals surface area contributed by atoms with Crippen LogP contribution in [0.25, 0.3) is 11.3 Å². The molecule has 1 aromatic carbocycles. The molecular weight excluding hydrogens is 325 g/mol. The highest BCUT2D eigenvalue weighted by molar-refractivity contribution is 5.74. The van der Waals surface area contributed by atoms with Crippen molar-refractivity contribution in [2.45, 2.75) is 13.8 Å². The summed E-state index contributed by atoms with van der Waals surface area (Å²) in [5.74, 6) is 0.328. The van der Waals surface area contributed by atoms with Gasteiger partial charge in [0.25, 0.3) is 0 Å². The molecule has 0 atom stereocenters. The van der Waals surface area contributed by atoms with E-state index in [1.165, 1.54) is 12.1 Å². The Morgan fingerprint density at radius 2 is 1.96 bits per heavy atom. The second-order valence-electron chi connectivity index (χ2n) is 5.40. The number of carbonyl (C=O) groups is 1. The Morgan fingerprint density at radius 3 is 2.64 bits per heavy atom. The van der Waals surface area contributed by atoms with E-state index in [2.05, 4.69) is 20.3 Å². The van der Waals surface area contributed by atoms with Crippen molar-refractivity contribution >= 4 is 17.7 Å². The minimum atomic E-state index is -0.891. The van der Waals surface area contributed by atoms with Gasteiger partial charge >= 0.3 is 6.09 Å². The van der Waals surface area contributed by atoms with Crippen LogP contribution in [0.1, 0.15) is 11.3 Å². The first kappa shape index (κ1) is 16.4. The molecule has 2 heterocycles. The lowest BCUT2D eigenvalue weighted by atomic mass is 10.1. The van der Waals surface area contributed by atoms with Crippen LogP contribution in [0.4, 0.5) is 20.8 Å². The lowest BCUT2D eigenvalue weighted by molar-refractivity contribution is 0.209. The van der Waals surface area contributed by atoms with Crippen molar-refractivity contribution < 1.29 is 13.9 Å². The van der Waals surface area contributed by atoms with Crippen LogP contribution in [0.5, 0.6) is 5.88 Å². The van der Waals surface area contributed by atoms with E-state index in [0.717, 1.165) is 11.3 Å². The average molecular weight is 341 g/mol. The van der Waals surface area contributed by atoms with Crippen LogP contribution in [-0.4, -0.2) is 21.0 Å². The second kappa shape index (κ2) is 6.60. The average Bonchev–Trinajstić information content (AvgIpc) is 2.83. The Hall–Kier alpha value is -3.42. The SMILES string of the molecule is Cc1[nH]c(OC(N)=O)c(C)c1-c1ccnc(Nc2ccc(F)cc2)n1. The van der Waals surface area contributed by atoms with E-state index in [1.54, 1.807) is 31.3 Å². The van der Waals surface area contributed by atoms with Gasteiger partial charge in [-0.15, -0.1) is 0 Å². The van der Waals surface area contributed by atoms with E-state index in [9.17, 15) is 9.18 Å². The zero-order valence-corrected chi connectivity index (χ0v) is 13.6. The van der Waals surface area contributed by atoms with Gasteiger partial charge in [-0.25, -0.2) is 19.2 Å². The molecule has 7 nitrogen and oxygen atoms in total. The fourth-order valence-corrected chi connectivity index (χ4v) is 2.53. The number of aryl methyl sites for hydroxylation is 1. The van der Waals surface area contributed by atoms with Crippen LogP contribution in [0.2, 0.25) is 0 Å². The number of anilines is 2. The smallest absolute Gasteiger partial charge is 0.393 e.